The van der Waals surface area contributed by atoms with Crippen molar-refractivity contribution in [3.63, 3.8) is 0 Å². The van der Waals surface area contributed by atoms with Crippen molar-refractivity contribution in [2.75, 3.05) is 0 Å². The first-order chi connectivity index (χ1) is 7.75. The van der Waals surface area contributed by atoms with Gasteiger partial charge in [0.1, 0.15) is 0 Å². The molecule has 0 amide bonds. The molecule has 1 aromatic heterocycles. The van der Waals surface area contributed by atoms with E-state index in [1.165, 1.54) is 16.0 Å². The van der Waals surface area contributed by atoms with Crippen LogP contribution in [0.25, 0.3) is 16.0 Å². The molecule has 1 aromatic carbocycles. The second-order valence-corrected chi connectivity index (χ2v) is 4.83. The van der Waals surface area contributed by atoms with E-state index in [4.69, 9.17) is 0 Å². The van der Waals surface area contributed by atoms with Gasteiger partial charge in [0.25, 0.3) is 0 Å². The van der Waals surface area contributed by atoms with Gasteiger partial charge >= 0.3 is 0 Å². The van der Waals surface area contributed by atoms with Crippen LogP contribution in [0.1, 0.15) is 12.5 Å². The van der Waals surface area contributed by atoms with E-state index in [-0.39, 0.29) is 0 Å². The fourth-order valence-electron chi connectivity index (χ4n) is 1.91. The van der Waals surface area contributed by atoms with Crippen molar-refractivity contribution < 1.29 is 0 Å². The van der Waals surface area contributed by atoms with Crippen molar-refractivity contribution in [2.24, 2.45) is 4.99 Å². The predicted molar refractivity (Wildman–Crippen MR) is 71.6 cm³/mol. The Bertz CT molecular complexity index is 591. The molecule has 2 aromatic rings. The number of allylic oxidation sites excluding steroid dienone is 1. The van der Waals surface area contributed by atoms with Crippen LogP contribution in [-0.4, -0.2) is 5.71 Å². The maximum absolute atomic E-state index is 4.48. The van der Waals surface area contributed by atoms with Crippen LogP contribution in [0.3, 0.4) is 0 Å². The van der Waals surface area contributed by atoms with E-state index >= 15 is 0 Å². The van der Waals surface area contributed by atoms with Crippen molar-refractivity contribution in [1.82, 2.24) is 0 Å². The first-order valence-electron chi connectivity index (χ1n) is 5.18. The lowest BCUT2D eigenvalue weighted by Crippen LogP contribution is -1.86. The first-order valence-corrected chi connectivity index (χ1v) is 6.06. The Hall–Kier alpha value is -1.67. The molecule has 16 heavy (non-hydrogen) atoms. The minimum Gasteiger partial charge on any atom is -0.252 e. The quantitative estimate of drug-likeness (QED) is 0.676. The average Bonchev–Trinajstić information content (AvgIpc) is 2.89. The number of rotatable bonds is 1. The summed E-state index contributed by atoms with van der Waals surface area (Å²) in [5.41, 5.74) is 5.54. The van der Waals surface area contributed by atoms with E-state index in [2.05, 4.69) is 47.3 Å². The van der Waals surface area contributed by atoms with E-state index in [1.54, 1.807) is 11.3 Å². The van der Waals surface area contributed by atoms with Gasteiger partial charge in [-0.15, -0.1) is 11.3 Å². The molecule has 0 N–H and O–H groups in total. The molecule has 0 spiro atoms. The van der Waals surface area contributed by atoms with Crippen LogP contribution in [0, 0.1) is 0 Å². The number of hydrogen-bond acceptors (Lipinski definition) is 2. The van der Waals surface area contributed by atoms with Crippen LogP contribution in [0.4, 0.5) is 5.69 Å². The largest absolute Gasteiger partial charge is 0.252 e. The molecule has 2 heterocycles. The van der Waals surface area contributed by atoms with Gasteiger partial charge in [0.05, 0.1) is 5.69 Å². The molecule has 0 saturated heterocycles. The number of benzene rings is 1. The van der Waals surface area contributed by atoms with Crippen LogP contribution in [0.5, 0.6) is 0 Å². The van der Waals surface area contributed by atoms with E-state index < -0.39 is 0 Å². The van der Waals surface area contributed by atoms with Gasteiger partial charge in [-0.25, -0.2) is 0 Å². The molecule has 1 aliphatic heterocycles. The zero-order chi connectivity index (χ0) is 11.1. The standard InChI is InChI=1S/C14H11NS/c1-9-10(2)15-13-6-5-11(8-12(9)13)14-4-3-7-16-14/h3-8H,1H2,2H3. The third kappa shape index (κ3) is 1.34. The molecule has 2 heteroatoms. The minimum atomic E-state index is 1.03. The molecule has 0 atom stereocenters. The lowest BCUT2D eigenvalue weighted by molar-refractivity contribution is 1.54. The third-order valence-corrected chi connectivity index (χ3v) is 3.77. The van der Waals surface area contributed by atoms with Gasteiger partial charge in [-0.2, -0.15) is 0 Å². The van der Waals surface area contributed by atoms with Crippen LogP contribution in [0.15, 0.2) is 47.3 Å². The molecule has 0 radical (unpaired) electrons. The highest BCUT2D eigenvalue weighted by Gasteiger charge is 2.16. The van der Waals surface area contributed by atoms with Crippen molar-refractivity contribution in [1.29, 1.82) is 0 Å². The summed E-state index contributed by atoms with van der Waals surface area (Å²) < 4.78 is 0. The van der Waals surface area contributed by atoms with Gasteiger partial charge < -0.3 is 0 Å². The molecule has 1 aliphatic rings. The van der Waals surface area contributed by atoms with Gasteiger partial charge in [0, 0.05) is 16.2 Å². The fraction of sp³-hybridized carbons (Fsp3) is 0.0714. The zero-order valence-corrected chi connectivity index (χ0v) is 9.84. The third-order valence-electron chi connectivity index (χ3n) is 2.85. The Labute approximate surface area is 98.8 Å². The molecule has 0 fully saturated rings. The van der Waals surface area contributed by atoms with E-state index in [0.29, 0.717) is 0 Å². The second-order valence-electron chi connectivity index (χ2n) is 3.88. The lowest BCUT2D eigenvalue weighted by atomic mass is 10.0. The number of aliphatic imine (C=N–C) groups is 1. The van der Waals surface area contributed by atoms with Crippen LogP contribution in [-0.2, 0) is 0 Å². The number of fused-ring (bicyclic) bond motifs is 1. The Morgan fingerprint density at radius 3 is 2.88 bits per heavy atom. The summed E-state index contributed by atoms with van der Waals surface area (Å²) in [7, 11) is 0. The molecule has 0 unspecified atom stereocenters. The van der Waals surface area contributed by atoms with Crippen LogP contribution < -0.4 is 0 Å². The SMILES string of the molecule is C=C1C(C)=Nc2ccc(-c3cccs3)cc21. The Kier molecular flexibility index (Phi) is 2.04. The molecule has 3 rings (SSSR count). The van der Waals surface area contributed by atoms with Crippen LogP contribution >= 0.6 is 11.3 Å². The molecule has 0 aliphatic carbocycles. The van der Waals surface area contributed by atoms with Gasteiger partial charge in [-0.1, -0.05) is 18.7 Å². The predicted octanol–water partition coefficient (Wildman–Crippen LogP) is 4.53. The van der Waals surface area contributed by atoms with Crippen molar-refractivity contribution in [3.8, 4) is 10.4 Å². The summed E-state index contributed by atoms with van der Waals surface area (Å²) in [5.74, 6) is 0. The zero-order valence-electron chi connectivity index (χ0n) is 9.03. The summed E-state index contributed by atoms with van der Waals surface area (Å²) >= 11 is 1.76. The summed E-state index contributed by atoms with van der Waals surface area (Å²) in [5, 5.41) is 2.10. The summed E-state index contributed by atoms with van der Waals surface area (Å²) in [6.45, 7) is 6.08. The fourth-order valence-corrected chi connectivity index (χ4v) is 2.64. The average molecular weight is 225 g/mol. The smallest absolute Gasteiger partial charge is 0.0712 e. The Morgan fingerprint density at radius 1 is 1.25 bits per heavy atom. The Balaban J connectivity index is 2.14. The molecule has 0 bridgehead atoms. The van der Waals surface area contributed by atoms with Crippen molar-refractivity contribution in [2.45, 2.75) is 6.92 Å². The number of nitrogens with zero attached hydrogens (tertiary/aromatic N) is 1. The highest BCUT2D eigenvalue weighted by molar-refractivity contribution is 7.13. The lowest BCUT2D eigenvalue weighted by Gasteiger charge is -2.02. The summed E-state index contributed by atoms with van der Waals surface area (Å²) in [4.78, 5) is 5.77. The number of hydrogen-bond donors (Lipinski definition) is 0. The van der Waals surface area contributed by atoms with Gasteiger partial charge in [0.15, 0.2) is 0 Å². The minimum absolute atomic E-state index is 1.03. The normalized spacial score (nSPS) is 13.8. The van der Waals surface area contributed by atoms with Gasteiger partial charge in [-0.05, 0) is 41.6 Å². The highest BCUT2D eigenvalue weighted by atomic mass is 32.1. The van der Waals surface area contributed by atoms with Crippen molar-refractivity contribution in [3.05, 3.63) is 47.9 Å². The highest BCUT2D eigenvalue weighted by Crippen LogP contribution is 2.37. The molecule has 78 valence electrons. The molecule has 0 saturated carbocycles. The Morgan fingerprint density at radius 2 is 2.12 bits per heavy atom. The molecule has 1 nitrogen and oxygen atoms in total. The monoisotopic (exact) mass is 225 g/mol. The first kappa shape index (κ1) is 9.55. The van der Waals surface area contributed by atoms with Gasteiger partial charge in [0.2, 0.25) is 0 Å². The topological polar surface area (TPSA) is 12.4 Å². The van der Waals surface area contributed by atoms with Crippen LogP contribution in [0.2, 0.25) is 0 Å². The summed E-state index contributed by atoms with van der Waals surface area (Å²) in [6.07, 6.45) is 0. The number of thiophene rings is 1. The van der Waals surface area contributed by atoms with Crippen molar-refractivity contribution >= 4 is 28.3 Å². The molecular weight excluding hydrogens is 214 g/mol. The van der Waals surface area contributed by atoms with E-state index in [1.807, 2.05) is 6.92 Å². The van der Waals surface area contributed by atoms with E-state index in [9.17, 15) is 0 Å². The second kappa shape index (κ2) is 3.42. The maximum Gasteiger partial charge on any atom is 0.0712 e. The van der Waals surface area contributed by atoms with Gasteiger partial charge in [-0.3, -0.25) is 4.99 Å². The summed E-state index contributed by atoms with van der Waals surface area (Å²) in [6, 6.07) is 10.6. The van der Waals surface area contributed by atoms with E-state index in [0.717, 1.165) is 17.0 Å². The molecular formula is C14H11NS. The maximum atomic E-state index is 4.48.